The maximum Gasteiger partial charge on any atom is 0.314 e. The molecule has 0 N–H and O–H groups in total. The van der Waals surface area contributed by atoms with Gasteiger partial charge in [-0.2, -0.15) is 0 Å². The summed E-state index contributed by atoms with van der Waals surface area (Å²) in [6.45, 7) is 0. The average Bonchev–Trinajstić information content (AvgIpc) is 2.29. The van der Waals surface area contributed by atoms with Crippen LogP contribution in [0.15, 0.2) is 36.5 Å². The summed E-state index contributed by atoms with van der Waals surface area (Å²) in [5.74, 6) is 0.457. The van der Waals surface area contributed by atoms with Crippen LogP contribution in [0.5, 0.6) is 0 Å². The molecule has 0 aromatic carbocycles. The van der Waals surface area contributed by atoms with Crippen LogP contribution in [-0.2, 0) is 9.53 Å². The van der Waals surface area contributed by atoms with E-state index in [0.29, 0.717) is 5.92 Å². The van der Waals surface area contributed by atoms with E-state index < -0.39 is 0 Å². The molecule has 0 saturated carbocycles. The number of esters is 1. The number of hydrogen-bond donors (Lipinski definition) is 0. The molecule has 2 aliphatic carbocycles. The topological polar surface area (TPSA) is 26.3 Å². The fraction of sp³-hybridized carbons (Fsp3) is 0.364. The van der Waals surface area contributed by atoms with Gasteiger partial charge in [-0.25, -0.2) is 0 Å². The van der Waals surface area contributed by atoms with Crippen molar-refractivity contribution in [2.45, 2.75) is 6.10 Å². The van der Waals surface area contributed by atoms with E-state index in [1.807, 2.05) is 12.2 Å². The van der Waals surface area contributed by atoms with Crippen molar-refractivity contribution < 1.29 is 9.53 Å². The van der Waals surface area contributed by atoms with E-state index in [1.165, 1.54) is 0 Å². The van der Waals surface area contributed by atoms with Crippen molar-refractivity contribution in [2.24, 2.45) is 17.8 Å². The second-order valence-corrected chi connectivity index (χ2v) is 3.74. The van der Waals surface area contributed by atoms with Crippen molar-refractivity contribution in [1.82, 2.24) is 0 Å². The first-order chi connectivity index (χ1) is 6.34. The van der Waals surface area contributed by atoms with Crippen molar-refractivity contribution in [2.75, 3.05) is 0 Å². The van der Waals surface area contributed by atoms with Gasteiger partial charge < -0.3 is 4.74 Å². The number of carbonyl (C=O) groups is 1. The second kappa shape index (κ2) is 2.34. The maximum atomic E-state index is 11.4. The van der Waals surface area contributed by atoms with Gasteiger partial charge in [0.15, 0.2) is 0 Å². The number of rotatable bonds is 0. The van der Waals surface area contributed by atoms with Crippen LogP contribution in [0.3, 0.4) is 0 Å². The molecule has 2 nitrogen and oxygen atoms in total. The molecule has 1 heterocycles. The molecule has 0 amide bonds. The Morgan fingerprint density at radius 1 is 1.00 bits per heavy atom. The second-order valence-electron chi connectivity index (χ2n) is 3.74. The van der Waals surface area contributed by atoms with Gasteiger partial charge in [-0.1, -0.05) is 30.4 Å². The van der Waals surface area contributed by atoms with E-state index >= 15 is 0 Å². The molecule has 3 aliphatic rings. The van der Waals surface area contributed by atoms with Crippen LogP contribution in [0.2, 0.25) is 0 Å². The molecule has 4 atom stereocenters. The first-order valence-corrected chi connectivity index (χ1v) is 4.60. The molecule has 1 saturated heterocycles. The third-order valence-electron chi connectivity index (χ3n) is 2.94. The van der Waals surface area contributed by atoms with Crippen LogP contribution >= 0.6 is 0 Å². The van der Waals surface area contributed by atoms with Gasteiger partial charge >= 0.3 is 5.97 Å². The Labute approximate surface area is 76.6 Å². The van der Waals surface area contributed by atoms with Crippen LogP contribution < -0.4 is 0 Å². The Bertz CT molecular complexity index is 330. The van der Waals surface area contributed by atoms with Gasteiger partial charge in [-0.15, -0.1) is 0 Å². The highest BCUT2D eigenvalue weighted by molar-refractivity contribution is 5.78. The summed E-state index contributed by atoms with van der Waals surface area (Å²) in [7, 11) is 0. The predicted molar refractivity (Wildman–Crippen MR) is 47.8 cm³/mol. The zero-order valence-corrected chi connectivity index (χ0v) is 7.09. The minimum atomic E-state index is -0.0805. The summed E-state index contributed by atoms with van der Waals surface area (Å²) in [5.41, 5.74) is 0. The summed E-state index contributed by atoms with van der Waals surface area (Å²) in [6.07, 6.45) is 12.4. The molecule has 4 unspecified atom stereocenters. The first kappa shape index (κ1) is 7.13. The van der Waals surface area contributed by atoms with E-state index in [2.05, 4.69) is 24.3 Å². The van der Waals surface area contributed by atoms with Gasteiger partial charge in [0, 0.05) is 11.8 Å². The molecular formula is C11H10O2. The van der Waals surface area contributed by atoms with Crippen LogP contribution in [0.4, 0.5) is 0 Å². The van der Waals surface area contributed by atoms with E-state index in [0.717, 1.165) is 0 Å². The van der Waals surface area contributed by atoms with E-state index in [-0.39, 0.29) is 23.9 Å². The molecule has 0 aromatic heterocycles. The average molecular weight is 174 g/mol. The molecule has 13 heavy (non-hydrogen) atoms. The molecule has 3 rings (SSSR count). The largest absolute Gasteiger partial charge is 0.457 e. The number of ether oxygens (including phenoxy) is 1. The maximum absolute atomic E-state index is 11.4. The normalized spacial score (nSPS) is 44.8. The van der Waals surface area contributed by atoms with Crippen molar-refractivity contribution in [3.63, 3.8) is 0 Å². The fourth-order valence-corrected chi connectivity index (χ4v) is 2.19. The van der Waals surface area contributed by atoms with Gasteiger partial charge in [0.1, 0.15) is 6.10 Å². The SMILES string of the molecule is O=C1OC2C=CC3C=CC1C2C=C3. The number of hydrogen-bond acceptors (Lipinski definition) is 2. The number of carbonyl (C=O) groups excluding carboxylic acids is 1. The van der Waals surface area contributed by atoms with Gasteiger partial charge in [0.05, 0.1) is 5.92 Å². The third-order valence-corrected chi connectivity index (χ3v) is 2.94. The fourth-order valence-electron chi connectivity index (χ4n) is 2.19. The Kier molecular flexibility index (Phi) is 1.29. The van der Waals surface area contributed by atoms with Crippen molar-refractivity contribution >= 4 is 5.97 Å². The molecule has 0 aromatic rings. The highest BCUT2D eigenvalue weighted by atomic mass is 16.6. The number of allylic oxidation sites excluding steroid dienone is 3. The summed E-state index contributed by atoms with van der Waals surface area (Å²) in [5, 5.41) is 0. The highest BCUT2D eigenvalue weighted by Gasteiger charge is 2.42. The van der Waals surface area contributed by atoms with E-state index in [9.17, 15) is 4.79 Å². The van der Waals surface area contributed by atoms with Gasteiger partial charge in [-0.05, 0) is 6.08 Å². The summed E-state index contributed by atoms with van der Waals surface area (Å²) in [6, 6.07) is 0. The lowest BCUT2D eigenvalue weighted by Gasteiger charge is -2.10. The van der Waals surface area contributed by atoms with Gasteiger partial charge in [0.25, 0.3) is 0 Å². The predicted octanol–water partition coefficient (Wildman–Crippen LogP) is 1.46. The smallest absolute Gasteiger partial charge is 0.314 e. The molecular weight excluding hydrogens is 164 g/mol. The van der Waals surface area contributed by atoms with Crippen LogP contribution in [0.25, 0.3) is 0 Å². The van der Waals surface area contributed by atoms with Crippen LogP contribution in [0.1, 0.15) is 0 Å². The zero-order valence-electron chi connectivity index (χ0n) is 7.09. The molecule has 0 spiro atoms. The summed E-state index contributed by atoms with van der Waals surface area (Å²) < 4.78 is 5.25. The molecule has 2 heteroatoms. The molecule has 66 valence electrons. The molecule has 1 aliphatic heterocycles. The minimum Gasteiger partial charge on any atom is -0.457 e. The summed E-state index contributed by atoms with van der Waals surface area (Å²) >= 11 is 0. The lowest BCUT2D eigenvalue weighted by molar-refractivity contribution is -0.141. The van der Waals surface area contributed by atoms with Crippen molar-refractivity contribution in [3.8, 4) is 0 Å². The molecule has 1 fully saturated rings. The number of fused-ring (bicyclic) bond motifs is 1. The summed E-state index contributed by atoms with van der Waals surface area (Å²) in [4.78, 5) is 11.4. The highest BCUT2D eigenvalue weighted by Crippen LogP contribution is 2.36. The third kappa shape index (κ3) is 0.916. The minimum absolute atomic E-state index is 0.0244. The molecule has 2 bridgehead atoms. The monoisotopic (exact) mass is 174 g/mol. The Balaban J connectivity index is 2.15. The van der Waals surface area contributed by atoms with E-state index in [4.69, 9.17) is 4.74 Å². The van der Waals surface area contributed by atoms with Crippen molar-refractivity contribution in [3.05, 3.63) is 36.5 Å². The lowest BCUT2D eigenvalue weighted by Crippen LogP contribution is -2.15. The van der Waals surface area contributed by atoms with Crippen LogP contribution in [-0.4, -0.2) is 12.1 Å². The standard InChI is InChI=1S/C11H10O2/c12-11-9-5-2-7-1-4-8(9)10(13-11)6-3-7/h1-10H. The van der Waals surface area contributed by atoms with E-state index in [1.54, 1.807) is 0 Å². The lowest BCUT2D eigenvalue weighted by atomic mass is 9.90. The zero-order chi connectivity index (χ0) is 8.84. The van der Waals surface area contributed by atoms with Gasteiger partial charge in [-0.3, -0.25) is 4.79 Å². The van der Waals surface area contributed by atoms with Crippen molar-refractivity contribution in [1.29, 1.82) is 0 Å². The Morgan fingerprint density at radius 3 is 2.69 bits per heavy atom. The molecule has 0 radical (unpaired) electrons. The Morgan fingerprint density at radius 2 is 1.77 bits per heavy atom. The Hall–Kier alpha value is -1.31. The van der Waals surface area contributed by atoms with Crippen LogP contribution in [0, 0.1) is 17.8 Å². The quantitative estimate of drug-likeness (QED) is 0.410. The first-order valence-electron chi connectivity index (χ1n) is 4.60. The van der Waals surface area contributed by atoms with Gasteiger partial charge in [0.2, 0.25) is 0 Å².